The van der Waals surface area contributed by atoms with Crippen molar-refractivity contribution in [2.75, 3.05) is 13.2 Å². The number of hydrogen-bond donors (Lipinski definition) is 1. The lowest BCUT2D eigenvalue weighted by molar-refractivity contribution is 0.0477. The molecule has 3 rings (SSSR count). The molecule has 0 aliphatic carbocycles. The molecule has 31 heavy (non-hydrogen) atoms. The summed E-state index contributed by atoms with van der Waals surface area (Å²) in [6.07, 6.45) is 0. The number of benzene rings is 2. The van der Waals surface area contributed by atoms with Gasteiger partial charge in [0, 0.05) is 10.5 Å². The molecule has 0 aliphatic heterocycles. The van der Waals surface area contributed by atoms with Crippen LogP contribution >= 0.6 is 11.8 Å². The Morgan fingerprint density at radius 2 is 1.65 bits per heavy atom. The monoisotopic (exact) mass is 462 g/mol. The van der Waals surface area contributed by atoms with Crippen LogP contribution < -0.4 is 11.2 Å². The van der Waals surface area contributed by atoms with Gasteiger partial charge in [-0.25, -0.2) is 4.79 Å². The van der Waals surface area contributed by atoms with Crippen LogP contribution in [0.25, 0.3) is 0 Å². The molecule has 1 N–H and O–H groups in total. The summed E-state index contributed by atoms with van der Waals surface area (Å²) in [5.74, 6) is 0. The Kier molecular flexibility index (Phi) is 7.50. The van der Waals surface area contributed by atoms with Crippen molar-refractivity contribution in [3.8, 4) is 0 Å². The third-order valence-electron chi connectivity index (χ3n) is 4.33. The minimum Gasteiger partial charge on any atom is -0.358 e. The van der Waals surface area contributed by atoms with E-state index in [-0.39, 0.29) is 24.8 Å². The molecule has 0 amide bonds. The van der Waals surface area contributed by atoms with E-state index in [4.69, 9.17) is 8.92 Å². The highest BCUT2D eigenvalue weighted by Crippen LogP contribution is 2.27. The molecule has 0 aliphatic rings. The molecular weight excluding hydrogens is 440 g/mol. The van der Waals surface area contributed by atoms with Crippen molar-refractivity contribution < 1.29 is 17.3 Å². The van der Waals surface area contributed by atoms with Crippen LogP contribution in [0.4, 0.5) is 0 Å². The first kappa shape index (κ1) is 23.0. The van der Waals surface area contributed by atoms with E-state index in [9.17, 15) is 18.0 Å². The summed E-state index contributed by atoms with van der Waals surface area (Å²) >= 11 is 1.27. The molecule has 0 atom stereocenters. The second-order valence-electron chi connectivity index (χ2n) is 6.66. The molecule has 0 bridgehead atoms. The van der Waals surface area contributed by atoms with E-state index in [1.54, 1.807) is 19.1 Å². The summed E-state index contributed by atoms with van der Waals surface area (Å²) in [5, 5.41) is 0.452. The number of ether oxygens (including phenoxy) is 1. The minimum atomic E-state index is -3.89. The van der Waals surface area contributed by atoms with Crippen LogP contribution in [0.1, 0.15) is 11.1 Å². The summed E-state index contributed by atoms with van der Waals surface area (Å²) in [5.41, 5.74) is 0.248. The molecule has 1 heterocycles. The van der Waals surface area contributed by atoms with Gasteiger partial charge in [-0.2, -0.15) is 8.42 Å². The summed E-state index contributed by atoms with van der Waals surface area (Å²) in [4.78, 5) is 27.5. The Morgan fingerprint density at radius 3 is 2.32 bits per heavy atom. The van der Waals surface area contributed by atoms with E-state index >= 15 is 0 Å². The zero-order valence-corrected chi connectivity index (χ0v) is 18.7. The highest BCUT2D eigenvalue weighted by Gasteiger charge is 2.16. The molecule has 0 spiro atoms. The number of rotatable bonds is 9. The molecule has 0 radical (unpaired) electrons. The summed E-state index contributed by atoms with van der Waals surface area (Å²) < 4.78 is 36.1. The van der Waals surface area contributed by atoms with E-state index in [1.165, 1.54) is 28.5 Å². The van der Waals surface area contributed by atoms with Gasteiger partial charge in [0.15, 0.2) is 0 Å². The van der Waals surface area contributed by atoms with E-state index in [2.05, 4.69) is 4.98 Å². The molecule has 0 saturated heterocycles. The van der Waals surface area contributed by atoms with Crippen LogP contribution in [0, 0.1) is 13.8 Å². The van der Waals surface area contributed by atoms with E-state index in [1.807, 2.05) is 37.3 Å². The van der Waals surface area contributed by atoms with Gasteiger partial charge in [-0.15, -0.1) is 0 Å². The lowest BCUT2D eigenvalue weighted by Crippen LogP contribution is -2.33. The Labute approximate surface area is 184 Å². The quantitative estimate of drug-likeness (QED) is 0.296. The summed E-state index contributed by atoms with van der Waals surface area (Å²) in [7, 11) is -3.89. The van der Waals surface area contributed by atoms with Crippen molar-refractivity contribution in [3.05, 3.63) is 86.6 Å². The van der Waals surface area contributed by atoms with Gasteiger partial charge >= 0.3 is 5.69 Å². The number of H-pyrrole nitrogens is 1. The van der Waals surface area contributed by atoms with E-state index in [0.29, 0.717) is 10.6 Å². The maximum absolute atomic E-state index is 12.3. The Hall–Kier alpha value is -2.66. The zero-order chi connectivity index (χ0) is 22.4. The smallest absolute Gasteiger partial charge is 0.331 e. The standard InChI is InChI=1S/C21H22N2O6S2/c1-15-8-10-18(11-9-15)31(26,27)29-13-12-28-14-23-20(16(2)19(24)22-21(23)25)30-17-6-4-3-5-7-17/h3-11H,12-14H2,1-2H3,(H,22,24,25). The Bertz CT molecular complexity index is 1250. The molecule has 164 valence electrons. The number of nitrogens with zero attached hydrogens (tertiary/aromatic N) is 1. The van der Waals surface area contributed by atoms with Crippen molar-refractivity contribution in [3.63, 3.8) is 0 Å². The van der Waals surface area contributed by atoms with Gasteiger partial charge in [0.05, 0.1) is 23.1 Å². The van der Waals surface area contributed by atoms with Gasteiger partial charge in [-0.05, 0) is 38.1 Å². The fourth-order valence-corrected chi connectivity index (χ4v) is 4.53. The molecule has 0 unspecified atom stereocenters. The summed E-state index contributed by atoms with van der Waals surface area (Å²) in [6, 6.07) is 15.6. The first-order chi connectivity index (χ1) is 14.8. The molecule has 0 saturated carbocycles. The normalized spacial score (nSPS) is 11.5. The second kappa shape index (κ2) is 10.1. The number of nitrogens with one attached hydrogen (secondary N) is 1. The first-order valence-electron chi connectivity index (χ1n) is 9.38. The van der Waals surface area contributed by atoms with Crippen LogP contribution in [-0.2, 0) is 25.8 Å². The van der Waals surface area contributed by atoms with Crippen molar-refractivity contribution in [1.29, 1.82) is 0 Å². The fourth-order valence-electron chi connectivity index (χ4n) is 2.63. The highest BCUT2D eigenvalue weighted by atomic mass is 32.2. The number of aromatic nitrogens is 2. The second-order valence-corrected chi connectivity index (χ2v) is 9.34. The van der Waals surface area contributed by atoms with Crippen molar-refractivity contribution in [2.24, 2.45) is 0 Å². The van der Waals surface area contributed by atoms with Crippen LogP contribution in [0.3, 0.4) is 0 Å². The van der Waals surface area contributed by atoms with Gasteiger partial charge in [0.25, 0.3) is 15.7 Å². The zero-order valence-electron chi connectivity index (χ0n) is 17.0. The van der Waals surface area contributed by atoms with Crippen LogP contribution in [0.2, 0.25) is 0 Å². The van der Waals surface area contributed by atoms with Crippen LogP contribution in [0.5, 0.6) is 0 Å². The van der Waals surface area contributed by atoms with Crippen molar-refractivity contribution in [2.45, 2.75) is 35.4 Å². The fraction of sp³-hybridized carbons (Fsp3) is 0.238. The summed E-state index contributed by atoms with van der Waals surface area (Å²) in [6.45, 7) is 3.03. The average molecular weight is 463 g/mol. The van der Waals surface area contributed by atoms with E-state index < -0.39 is 21.4 Å². The van der Waals surface area contributed by atoms with Gasteiger partial charge < -0.3 is 4.74 Å². The highest BCUT2D eigenvalue weighted by molar-refractivity contribution is 7.99. The van der Waals surface area contributed by atoms with Gasteiger partial charge in [0.2, 0.25) is 0 Å². The lowest BCUT2D eigenvalue weighted by atomic mass is 10.2. The van der Waals surface area contributed by atoms with E-state index in [0.717, 1.165) is 10.5 Å². The minimum absolute atomic E-state index is 0.0622. The third-order valence-corrected chi connectivity index (χ3v) is 6.88. The van der Waals surface area contributed by atoms with Gasteiger partial charge in [-0.3, -0.25) is 18.5 Å². The first-order valence-corrected chi connectivity index (χ1v) is 11.6. The largest absolute Gasteiger partial charge is 0.358 e. The molecule has 0 fully saturated rings. The molecule has 10 heteroatoms. The van der Waals surface area contributed by atoms with Crippen molar-refractivity contribution in [1.82, 2.24) is 9.55 Å². The lowest BCUT2D eigenvalue weighted by Gasteiger charge is -2.14. The number of aryl methyl sites for hydroxylation is 1. The Balaban J connectivity index is 1.65. The molecule has 8 nitrogen and oxygen atoms in total. The molecular formula is C21H22N2O6S2. The van der Waals surface area contributed by atoms with Gasteiger partial charge in [-0.1, -0.05) is 47.7 Å². The van der Waals surface area contributed by atoms with Crippen molar-refractivity contribution >= 4 is 21.9 Å². The van der Waals surface area contributed by atoms with Crippen LogP contribution in [0.15, 0.2) is 79.0 Å². The average Bonchev–Trinajstić information content (AvgIpc) is 2.74. The maximum Gasteiger partial charge on any atom is 0.331 e. The number of aromatic amines is 1. The number of hydrogen-bond acceptors (Lipinski definition) is 7. The molecule has 3 aromatic rings. The topological polar surface area (TPSA) is 107 Å². The maximum atomic E-state index is 12.3. The van der Waals surface area contributed by atoms with Crippen LogP contribution in [-0.4, -0.2) is 31.2 Å². The predicted molar refractivity (Wildman–Crippen MR) is 117 cm³/mol. The predicted octanol–water partition coefficient (Wildman–Crippen LogP) is 2.68. The SMILES string of the molecule is Cc1ccc(S(=O)(=O)OCCOCn2c(Sc3ccccc3)c(C)c(=O)[nH]c2=O)cc1. The van der Waals surface area contributed by atoms with Gasteiger partial charge in [0.1, 0.15) is 6.73 Å². The molecule has 1 aromatic heterocycles. The molecule has 2 aromatic carbocycles. The Morgan fingerprint density at radius 1 is 0.968 bits per heavy atom. The third kappa shape index (κ3) is 5.95.